The van der Waals surface area contributed by atoms with Crippen molar-refractivity contribution in [3.05, 3.63) is 27.2 Å². The molecule has 0 unspecified atom stereocenters. The number of pyridine rings is 1. The molecule has 6 heteroatoms. The van der Waals surface area contributed by atoms with Gasteiger partial charge in [0.1, 0.15) is 5.52 Å². The fraction of sp³-hybridized carbons (Fsp3) is 0.125. The Balaban J connectivity index is 2.87. The number of halogens is 1. The van der Waals surface area contributed by atoms with Crippen LogP contribution in [-0.4, -0.2) is 21.2 Å². The molecule has 4 nitrogen and oxygen atoms in total. The van der Waals surface area contributed by atoms with Crippen LogP contribution in [0.5, 0.6) is 0 Å². The summed E-state index contributed by atoms with van der Waals surface area (Å²) in [5, 5.41) is 1.33. The van der Waals surface area contributed by atoms with Gasteiger partial charge in [-0.3, -0.25) is 4.79 Å². The topological polar surface area (TPSA) is 58.6 Å². The van der Waals surface area contributed by atoms with Crippen LogP contribution in [0.15, 0.2) is 26.8 Å². The Morgan fingerprint density at radius 1 is 1.57 bits per heavy atom. The lowest BCUT2D eigenvalue weighted by molar-refractivity contribution is 0.995. The Labute approximate surface area is 92.3 Å². The molecule has 0 aliphatic heterocycles. The molecule has 0 spiro atoms. The maximum absolute atomic E-state index is 11.4. The number of hydrogen-bond donors (Lipinski definition) is 1. The fourth-order valence-electron chi connectivity index (χ4n) is 1.09. The number of thioether (sulfide) groups is 1. The van der Waals surface area contributed by atoms with E-state index in [-0.39, 0.29) is 5.56 Å². The van der Waals surface area contributed by atoms with E-state index < -0.39 is 0 Å². The lowest BCUT2D eigenvalue weighted by Gasteiger charge is -1.99. The maximum atomic E-state index is 11.4. The van der Waals surface area contributed by atoms with Gasteiger partial charge in [0.25, 0.3) is 5.56 Å². The summed E-state index contributed by atoms with van der Waals surface area (Å²) in [4.78, 5) is 22.2. The smallest absolute Gasteiger partial charge is 0.274 e. The minimum Gasteiger partial charge on any atom is -0.326 e. The third-order valence-electron chi connectivity index (χ3n) is 1.75. The highest BCUT2D eigenvalue weighted by atomic mass is 79.9. The number of H-pyrrole nitrogens is 1. The molecule has 0 aromatic carbocycles. The number of hydrogen-bond acceptors (Lipinski definition) is 4. The van der Waals surface area contributed by atoms with E-state index in [0.717, 1.165) is 9.86 Å². The van der Waals surface area contributed by atoms with Gasteiger partial charge < -0.3 is 4.98 Å². The first kappa shape index (κ1) is 9.67. The van der Waals surface area contributed by atoms with E-state index in [1.54, 1.807) is 12.4 Å². The van der Waals surface area contributed by atoms with Crippen LogP contribution in [0, 0.1) is 0 Å². The first-order valence-corrected chi connectivity index (χ1v) is 5.82. The van der Waals surface area contributed by atoms with E-state index in [4.69, 9.17) is 0 Å². The third-order valence-corrected chi connectivity index (χ3v) is 2.97. The van der Waals surface area contributed by atoms with E-state index >= 15 is 0 Å². The van der Waals surface area contributed by atoms with Gasteiger partial charge in [-0.1, -0.05) is 11.8 Å². The second-order valence-electron chi connectivity index (χ2n) is 2.58. The Morgan fingerprint density at radius 2 is 2.36 bits per heavy atom. The quantitative estimate of drug-likeness (QED) is 0.635. The highest BCUT2D eigenvalue weighted by Gasteiger charge is 2.05. The van der Waals surface area contributed by atoms with E-state index in [9.17, 15) is 4.79 Å². The second-order valence-corrected chi connectivity index (χ2v) is 4.21. The molecule has 0 aliphatic carbocycles. The van der Waals surface area contributed by atoms with Crippen LogP contribution in [0.4, 0.5) is 0 Å². The summed E-state index contributed by atoms with van der Waals surface area (Å²) in [6.45, 7) is 0. The van der Waals surface area contributed by atoms with E-state index in [1.165, 1.54) is 11.8 Å². The van der Waals surface area contributed by atoms with Crippen molar-refractivity contribution in [2.75, 3.05) is 6.26 Å². The second kappa shape index (κ2) is 3.70. The zero-order valence-electron chi connectivity index (χ0n) is 7.24. The summed E-state index contributed by atoms with van der Waals surface area (Å²) in [5.41, 5.74) is 0.222. The number of aromatic amines is 1. The molecule has 2 aromatic rings. The average molecular weight is 272 g/mol. The van der Waals surface area contributed by atoms with E-state index in [1.807, 2.05) is 6.26 Å². The number of nitrogens with zero attached hydrogens (tertiary/aromatic N) is 2. The summed E-state index contributed by atoms with van der Waals surface area (Å²) in [7, 11) is 0. The van der Waals surface area contributed by atoms with E-state index in [2.05, 4.69) is 30.9 Å². The molecule has 0 atom stereocenters. The standard InChI is InChI=1S/C8H6BrN3OS/c1-14-8-11-2-4-5(9)3-10-7(13)6(4)12-8/h2-3H,1H3,(H,10,13). The highest BCUT2D eigenvalue weighted by Crippen LogP contribution is 2.19. The third kappa shape index (κ3) is 1.55. The van der Waals surface area contributed by atoms with Crippen molar-refractivity contribution >= 4 is 38.6 Å². The van der Waals surface area contributed by atoms with Crippen LogP contribution in [0.25, 0.3) is 10.9 Å². The Bertz CT molecular complexity index is 540. The van der Waals surface area contributed by atoms with Gasteiger partial charge in [0, 0.05) is 22.3 Å². The van der Waals surface area contributed by atoms with Crippen molar-refractivity contribution in [2.45, 2.75) is 5.16 Å². The molecular formula is C8H6BrN3OS. The van der Waals surface area contributed by atoms with Crippen LogP contribution in [0.2, 0.25) is 0 Å². The van der Waals surface area contributed by atoms with Gasteiger partial charge in [-0.2, -0.15) is 0 Å². The minimum atomic E-state index is -0.194. The van der Waals surface area contributed by atoms with Crippen molar-refractivity contribution in [3.8, 4) is 0 Å². The van der Waals surface area contributed by atoms with Gasteiger partial charge in [-0.05, 0) is 22.2 Å². The van der Waals surface area contributed by atoms with Crippen molar-refractivity contribution in [2.24, 2.45) is 0 Å². The van der Waals surface area contributed by atoms with Crippen LogP contribution >= 0.6 is 27.7 Å². The van der Waals surface area contributed by atoms with Crippen molar-refractivity contribution in [1.82, 2.24) is 15.0 Å². The predicted molar refractivity (Wildman–Crippen MR) is 59.6 cm³/mol. The van der Waals surface area contributed by atoms with Crippen molar-refractivity contribution < 1.29 is 0 Å². The monoisotopic (exact) mass is 271 g/mol. The van der Waals surface area contributed by atoms with E-state index in [0.29, 0.717) is 10.7 Å². The summed E-state index contributed by atoms with van der Waals surface area (Å²) in [6.07, 6.45) is 5.10. The minimum absolute atomic E-state index is 0.194. The molecule has 0 amide bonds. The molecule has 1 N–H and O–H groups in total. The lowest BCUT2D eigenvalue weighted by atomic mass is 10.3. The van der Waals surface area contributed by atoms with Gasteiger partial charge >= 0.3 is 0 Å². The summed E-state index contributed by atoms with van der Waals surface area (Å²) < 4.78 is 0.791. The molecule has 0 saturated heterocycles. The van der Waals surface area contributed by atoms with Crippen molar-refractivity contribution in [1.29, 1.82) is 0 Å². The molecule has 0 saturated carbocycles. The largest absolute Gasteiger partial charge is 0.326 e. The number of aromatic nitrogens is 3. The highest BCUT2D eigenvalue weighted by molar-refractivity contribution is 9.10. The van der Waals surface area contributed by atoms with Gasteiger partial charge in [-0.15, -0.1) is 0 Å². The first-order chi connectivity index (χ1) is 6.72. The Morgan fingerprint density at radius 3 is 3.07 bits per heavy atom. The molecular weight excluding hydrogens is 266 g/mol. The van der Waals surface area contributed by atoms with Crippen molar-refractivity contribution in [3.63, 3.8) is 0 Å². The van der Waals surface area contributed by atoms with Crippen LogP contribution in [-0.2, 0) is 0 Å². The number of fused-ring (bicyclic) bond motifs is 1. The molecule has 14 heavy (non-hydrogen) atoms. The van der Waals surface area contributed by atoms with Crippen LogP contribution < -0.4 is 5.56 Å². The molecule has 2 heterocycles. The fourth-order valence-corrected chi connectivity index (χ4v) is 1.83. The SMILES string of the molecule is CSc1ncc2c(Br)c[nH]c(=O)c2n1. The normalized spacial score (nSPS) is 10.7. The summed E-state index contributed by atoms with van der Waals surface area (Å²) in [5.74, 6) is 0. The average Bonchev–Trinajstić information content (AvgIpc) is 2.23. The van der Waals surface area contributed by atoms with Gasteiger partial charge in [0.05, 0.1) is 0 Å². The molecule has 0 bridgehead atoms. The van der Waals surface area contributed by atoms with Gasteiger partial charge in [-0.25, -0.2) is 9.97 Å². The van der Waals surface area contributed by atoms with Gasteiger partial charge in [0.2, 0.25) is 0 Å². The van der Waals surface area contributed by atoms with Crippen LogP contribution in [0.3, 0.4) is 0 Å². The maximum Gasteiger partial charge on any atom is 0.274 e. The van der Waals surface area contributed by atoms with Crippen LogP contribution in [0.1, 0.15) is 0 Å². The molecule has 0 aliphatic rings. The molecule has 72 valence electrons. The Kier molecular flexibility index (Phi) is 2.56. The zero-order valence-corrected chi connectivity index (χ0v) is 9.65. The molecule has 0 radical (unpaired) electrons. The summed E-state index contributed by atoms with van der Waals surface area (Å²) >= 11 is 4.73. The summed E-state index contributed by atoms with van der Waals surface area (Å²) in [6, 6.07) is 0. The number of nitrogens with one attached hydrogen (secondary N) is 1. The predicted octanol–water partition coefficient (Wildman–Crippen LogP) is 1.80. The molecule has 2 rings (SSSR count). The number of rotatable bonds is 1. The lowest BCUT2D eigenvalue weighted by Crippen LogP contribution is -2.08. The Hall–Kier alpha value is -0.880. The first-order valence-electron chi connectivity index (χ1n) is 3.80. The van der Waals surface area contributed by atoms with Gasteiger partial charge in [0.15, 0.2) is 5.16 Å². The molecule has 2 aromatic heterocycles. The zero-order chi connectivity index (χ0) is 10.1. The molecule has 0 fully saturated rings.